The Hall–Kier alpha value is -0.360. The Morgan fingerprint density at radius 1 is 1.17 bits per heavy atom. The van der Waals surface area contributed by atoms with Gasteiger partial charge in [-0.1, -0.05) is 26.2 Å². The Balaban J connectivity index is 1.94. The van der Waals surface area contributed by atoms with Crippen LogP contribution < -0.4 is 0 Å². The van der Waals surface area contributed by atoms with Crippen molar-refractivity contribution in [1.29, 1.82) is 5.26 Å². The highest BCUT2D eigenvalue weighted by atomic mass is 32.2. The summed E-state index contributed by atoms with van der Waals surface area (Å²) in [5, 5.41) is 9.41. The Bertz CT molecular complexity index is 330. The molecule has 0 spiro atoms. The summed E-state index contributed by atoms with van der Waals surface area (Å²) in [4.78, 5) is 0. The van der Waals surface area contributed by atoms with Crippen molar-refractivity contribution < 1.29 is 4.21 Å². The van der Waals surface area contributed by atoms with Gasteiger partial charge >= 0.3 is 0 Å². The van der Waals surface area contributed by atoms with E-state index >= 15 is 0 Å². The molecular weight excluding hydrogens is 242 g/mol. The van der Waals surface area contributed by atoms with Crippen LogP contribution >= 0.6 is 0 Å². The SMILES string of the molecule is CCC1CCC(C#N)C(S(=O)CC2CCCC2)C1. The van der Waals surface area contributed by atoms with Gasteiger partial charge in [0.2, 0.25) is 0 Å². The summed E-state index contributed by atoms with van der Waals surface area (Å²) in [6.07, 6.45) is 9.46. The van der Waals surface area contributed by atoms with Crippen LogP contribution in [0.25, 0.3) is 0 Å². The van der Waals surface area contributed by atoms with Crippen molar-refractivity contribution in [3.8, 4) is 6.07 Å². The Labute approximate surface area is 114 Å². The fourth-order valence-corrected chi connectivity index (χ4v) is 5.65. The van der Waals surface area contributed by atoms with Crippen LogP contribution in [0.1, 0.15) is 58.3 Å². The average molecular weight is 267 g/mol. The van der Waals surface area contributed by atoms with Gasteiger partial charge in [-0.05, 0) is 43.9 Å². The molecule has 0 aromatic rings. The zero-order valence-corrected chi connectivity index (χ0v) is 12.3. The lowest BCUT2D eigenvalue weighted by molar-refractivity contribution is 0.312. The van der Waals surface area contributed by atoms with Gasteiger partial charge in [-0.2, -0.15) is 5.26 Å². The van der Waals surface area contributed by atoms with Gasteiger partial charge < -0.3 is 0 Å². The number of rotatable bonds is 4. The lowest BCUT2D eigenvalue weighted by Gasteiger charge is -2.32. The number of hydrogen-bond donors (Lipinski definition) is 0. The van der Waals surface area contributed by atoms with Crippen molar-refractivity contribution in [2.24, 2.45) is 17.8 Å². The first-order valence-corrected chi connectivity index (χ1v) is 8.89. The normalized spacial score (nSPS) is 35.2. The molecular formula is C15H25NOS. The van der Waals surface area contributed by atoms with E-state index in [2.05, 4.69) is 13.0 Å². The fraction of sp³-hybridized carbons (Fsp3) is 0.933. The van der Waals surface area contributed by atoms with Gasteiger partial charge in [-0.25, -0.2) is 0 Å². The summed E-state index contributed by atoms with van der Waals surface area (Å²) < 4.78 is 12.5. The van der Waals surface area contributed by atoms with Gasteiger partial charge in [0, 0.05) is 16.6 Å². The van der Waals surface area contributed by atoms with Gasteiger partial charge in [-0.15, -0.1) is 0 Å². The predicted molar refractivity (Wildman–Crippen MR) is 75.5 cm³/mol. The van der Waals surface area contributed by atoms with Gasteiger partial charge in [0.1, 0.15) is 0 Å². The van der Waals surface area contributed by atoms with Crippen LogP contribution in [0.5, 0.6) is 0 Å². The number of nitriles is 1. The van der Waals surface area contributed by atoms with E-state index < -0.39 is 10.8 Å². The van der Waals surface area contributed by atoms with E-state index in [4.69, 9.17) is 0 Å². The highest BCUT2D eigenvalue weighted by molar-refractivity contribution is 7.85. The molecule has 4 atom stereocenters. The molecule has 4 unspecified atom stereocenters. The molecule has 18 heavy (non-hydrogen) atoms. The molecule has 2 saturated carbocycles. The van der Waals surface area contributed by atoms with Gasteiger partial charge in [0.05, 0.1) is 17.2 Å². The average Bonchev–Trinajstić information content (AvgIpc) is 2.90. The largest absolute Gasteiger partial charge is 0.259 e. The second-order valence-electron chi connectivity index (χ2n) is 6.06. The first kappa shape index (κ1) is 14.1. The van der Waals surface area contributed by atoms with Crippen molar-refractivity contribution in [2.45, 2.75) is 63.5 Å². The minimum atomic E-state index is -0.771. The molecule has 0 amide bonds. The zero-order valence-electron chi connectivity index (χ0n) is 11.4. The zero-order chi connectivity index (χ0) is 13.0. The molecule has 0 bridgehead atoms. The van der Waals surface area contributed by atoms with Crippen LogP contribution in [0.2, 0.25) is 0 Å². The Kier molecular flexibility index (Phi) is 5.24. The fourth-order valence-electron chi connectivity index (χ4n) is 3.55. The maximum absolute atomic E-state index is 12.5. The summed E-state index contributed by atoms with van der Waals surface area (Å²) in [6, 6.07) is 2.41. The monoisotopic (exact) mass is 267 g/mol. The first-order chi connectivity index (χ1) is 8.74. The van der Waals surface area contributed by atoms with Crippen LogP contribution in [-0.4, -0.2) is 15.2 Å². The maximum atomic E-state index is 12.5. The van der Waals surface area contributed by atoms with Crippen LogP contribution in [0.4, 0.5) is 0 Å². The maximum Gasteiger partial charge on any atom is 0.0668 e. The van der Waals surface area contributed by atoms with E-state index in [0.29, 0.717) is 11.8 Å². The summed E-state index contributed by atoms with van der Waals surface area (Å²) in [5.74, 6) is 2.29. The van der Waals surface area contributed by atoms with Crippen molar-refractivity contribution in [1.82, 2.24) is 0 Å². The topological polar surface area (TPSA) is 40.9 Å². The van der Waals surface area contributed by atoms with Crippen LogP contribution in [-0.2, 0) is 10.8 Å². The molecule has 2 aliphatic carbocycles. The van der Waals surface area contributed by atoms with E-state index in [-0.39, 0.29) is 11.2 Å². The third kappa shape index (κ3) is 3.35. The summed E-state index contributed by atoms with van der Waals surface area (Å²) in [5.41, 5.74) is 0. The molecule has 2 rings (SSSR count). The van der Waals surface area contributed by atoms with Gasteiger partial charge in [0.15, 0.2) is 0 Å². The molecule has 0 aromatic heterocycles. The molecule has 2 fully saturated rings. The summed E-state index contributed by atoms with van der Waals surface area (Å²) in [7, 11) is -0.771. The summed E-state index contributed by atoms with van der Waals surface area (Å²) >= 11 is 0. The molecule has 2 aliphatic rings. The second-order valence-corrected chi connectivity index (χ2v) is 7.76. The quantitative estimate of drug-likeness (QED) is 0.780. The molecule has 0 aliphatic heterocycles. The van der Waals surface area contributed by atoms with Crippen molar-refractivity contribution in [3.05, 3.63) is 0 Å². The van der Waals surface area contributed by atoms with Gasteiger partial charge in [-0.3, -0.25) is 4.21 Å². The second kappa shape index (κ2) is 6.70. The third-order valence-corrected chi connectivity index (χ3v) is 6.85. The van der Waals surface area contributed by atoms with Gasteiger partial charge in [0.25, 0.3) is 0 Å². The standard InChI is InChI=1S/C15H25NOS/c1-2-12-7-8-14(10-16)15(9-12)18(17)11-13-5-3-4-6-13/h12-15H,2-9,11H2,1H3. The van der Waals surface area contributed by atoms with E-state index in [1.54, 1.807) is 0 Å². The predicted octanol–water partition coefficient (Wildman–Crippen LogP) is 3.64. The molecule has 0 radical (unpaired) electrons. The molecule has 2 nitrogen and oxygen atoms in total. The van der Waals surface area contributed by atoms with E-state index in [1.165, 1.54) is 32.1 Å². The molecule has 0 saturated heterocycles. The molecule has 3 heteroatoms. The minimum Gasteiger partial charge on any atom is -0.259 e. The van der Waals surface area contributed by atoms with Crippen LogP contribution in [0, 0.1) is 29.1 Å². The lowest BCUT2D eigenvalue weighted by Crippen LogP contribution is -2.34. The van der Waals surface area contributed by atoms with Crippen LogP contribution in [0.3, 0.4) is 0 Å². The van der Waals surface area contributed by atoms with E-state index in [9.17, 15) is 9.47 Å². The van der Waals surface area contributed by atoms with Crippen molar-refractivity contribution in [3.63, 3.8) is 0 Å². The third-order valence-electron chi connectivity index (χ3n) is 4.86. The Morgan fingerprint density at radius 3 is 2.50 bits per heavy atom. The van der Waals surface area contributed by atoms with E-state index in [1.807, 2.05) is 0 Å². The van der Waals surface area contributed by atoms with Crippen LogP contribution in [0.15, 0.2) is 0 Å². The Morgan fingerprint density at radius 2 is 1.89 bits per heavy atom. The highest BCUT2D eigenvalue weighted by Gasteiger charge is 2.34. The van der Waals surface area contributed by atoms with Crippen molar-refractivity contribution >= 4 is 10.8 Å². The first-order valence-electron chi connectivity index (χ1n) is 7.51. The van der Waals surface area contributed by atoms with Crippen molar-refractivity contribution in [2.75, 3.05) is 5.75 Å². The van der Waals surface area contributed by atoms with E-state index in [0.717, 1.165) is 25.0 Å². The number of nitrogens with zero attached hydrogens (tertiary/aromatic N) is 1. The molecule has 102 valence electrons. The smallest absolute Gasteiger partial charge is 0.0668 e. The summed E-state index contributed by atoms with van der Waals surface area (Å²) in [6.45, 7) is 2.22. The molecule has 0 N–H and O–H groups in total. The molecule has 0 heterocycles. The minimum absolute atomic E-state index is 0.0510. The molecule has 0 aromatic carbocycles. The highest BCUT2D eigenvalue weighted by Crippen LogP contribution is 2.35. The lowest BCUT2D eigenvalue weighted by atomic mass is 9.81. The number of hydrogen-bond acceptors (Lipinski definition) is 2.